The van der Waals surface area contributed by atoms with Gasteiger partial charge in [0.15, 0.2) is 0 Å². The summed E-state index contributed by atoms with van der Waals surface area (Å²) in [5, 5.41) is 0. The highest BCUT2D eigenvalue weighted by Gasteiger charge is 2.24. The van der Waals surface area contributed by atoms with Crippen LogP contribution in [0, 0.1) is 0 Å². The standard InChI is InChI=1S/C19H22N2O2/c1-4-6-13-16-18(15-11-8-7-9-12-15)20-14-21(16)17(10-5-2)19(22)23-3/h4-5,7-9,11-12,14,17H,1-2,6,10,13H2,3H3. The van der Waals surface area contributed by atoms with E-state index in [2.05, 4.69) is 18.1 Å². The van der Waals surface area contributed by atoms with E-state index in [1.807, 2.05) is 41.0 Å². The molecule has 0 amide bonds. The van der Waals surface area contributed by atoms with Gasteiger partial charge in [-0.2, -0.15) is 0 Å². The summed E-state index contributed by atoms with van der Waals surface area (Å²) in [6, 6.07) is 9.52. The van der Waals surface area contributed by atoms with Crippen LogP contribution in [0.1, 0.15) is 24.6 Å². The molecule has 1 heterocycles. The molecule has 0 aliphatic rings. The molecule has 1 aromatic carbocycles. The number of esters is 1. The van der Waals surface area contributed by atoms with Gasteiger partial charge in [-0.25, -0.2) is 9.78 Å². The number of carbonyl (C=O) groups excluding carboxylic acids is 1. The highest BCUT2D eigenvalue weighted by Crippen LogP contribution is 2.27. The molecule has 2 rings (SSSR count). The van der Waals surface area contributed by atoms with Gasteiger partial charge in [-0.3, -0.25) is 0 Å². The first-order valence-electron chi connectivity index (χ1n) is 7.63. The molecule has 0 saturated carbocycles. The Hall–Kier alpha value is -2.62. The van der Waals surface area contributed by atoms with Gasteiger partial charge in [0.05, 0.1) is 19.1 Å². The minimum Gasteiger partial charge on any atom is -0.467 e. The Labute approximate surface area is 137 Å². The van der Waals surface area contributed by atoms with Gasteiger partial charge >= 0.3 is 5.97 Å². The number of hydrogen-bond donors (Lipinski definition) is 0. The van der Waals surface area contributed by atoms with Crippen molar-refractivity contribution in [2.24, 2.45) is 0 Å². The highest BCUT2D eigenvalue weighted by atomic mass is 16.5. The first kappa shape index (κ1) is 16.7. The van der Waals surface area contributed by atoms with Crippen LogP contribution in [0.25, 0.3) is 11.3 Å². The van der Waals surface area contributed by atoms with Crippen LogP contribution < -0.4 is 0 Å². The van der Waals surface area contributed by atoms with Crippen LogP contribution in [0.15, 0.2) is 62.0 Å². The van der Waals surface area contributed by atoms with E-state index in [1.165, 1.54) is 7.11 Å². The number of benzene rings is 1. The molecule has 0 saturated heterocycles. The number of rotatable bonds is 8. The van der Waals surface area contributed by atoms with Crippen LogP contribution in [-0.4, -0.2) is 22.6 Å². The summed E-state index contributed by atoms with van der Waals surface area (Å²) in [6.45, 7) is 7.53. The maximum Gasteiger partial charge on any atom is 0.329 e. The summed E-state index contributed by atoms with van der Waals surface area (Å²) in [6.07, 6.45) is 7.38. The molecule has 0 N–H and O–H groups in total. The third-order valence-corrected chi connectivity index (χ3v) is 3.73. The summed E-state index contributed by atoms with van der Waals surface area (Å²) in [5.74, 6) is -0.290. The fraction of sp³-hybridized carbons (Fsp3) is 0.263. The molecule has 4 heteroatoms. The van der Waals surface area contributed by atoms with Crippen molar-refractivity contribution < 1.29 is 9.53 Å². The summed E-state index contributed by atoms with van der Waals surface area (Å²) >= 11 is 0. The summed E-state index contributed by atoms with van der Waals surface area (Å²) in [5.41, 5.74) is 2.94. The molecule has 2 aromatic rings. The van der Waals surface area contributed by atoms with Crippen molar-refractivity contribution in [3.05, 3.63) is 67.7 Å². The first-order valence-corrected chi connectivity index (χ1v) is 7.63. The van der Waals surface area contributed by atoms with E-state index in [9.17, 15) is 4.79 Å². The highest BCUT2D eigenvalue weighted by molar-refractivity contribution is 5.75. The van der Waals surface area contributed by atoms with Gasteiger partial charge < -0.3 is 9.30 Å². The minimum absolute atomic E-state index is 0.290. The molecule has 0 aliphatic heterocycles. The lowest BCUT2D eigenvalue weighted by molar-refractivity contribution is -0.144. The van der Waals surface area contributed by atoms with Crippen molar-refractivity contribution in [2.45, 2.75) is 25.3 Å². The lowest BCUT2D eigenvalue weighted by Gasteiger charge is -2.18. The van der Waals surface area contributed by atoms with Gasteiger partial charge in [-0.15, -0.1) is 13.2 Å². The molecule has 0 bridgehead atoms. The van der Waals surface area contributed by atoms with Crippen LogP contribution in [-0.2, 0) is 16.0 Å². The lowest BCUT2D eigenvalue weighted by atomic mass is 10.1. The second-order valence-electron chi connectivity index (χ2n) is 5.20. The number of hydrogen-bond acceptors (Lipinski definition) is 3. The largest absolute Gasteiger partial charge is 0.467 e. The number of allylic oxidation sites excluding steroid dienone is 2. The average Bonchev–Trinajstić information content (AvgIpc) is 3.01. The average molecular weight is 310 g/mol. The van der Waals surface area contributed by atoms with Gasteiger partial charge in [0.1, 0.15) is 6.04 Å². The molecule has 120 valence electrons. The topological polar surface area (TPSA) is 44.1 Å². The number of carbonyl (C=O) groups is 1. The molecule has 4 nitrogen and oxygen atoms in total. The SMILES string of the molecule is C=CCCc1c(-c2ccccc2)ncn1C(CC=C)C(=O)OC. The predicted octanol–water partition coefficient (Wildman–Crippen LogP) is 3.96. The molecule has 1 aromatic heterocycles. The van der Waals surface area contributed by atoms with Crippen molar-refractivity contribution in [3.8, 4) is 11.3 Å². The molecule has 0 spiro atoms. The monoisotopic (exact) mass is 310 g/mol. The van der Waals surface area contributed by atoms with Gasteiger partial charge in [0.25, 0.3) is 0 Å². The predicted molar refractivity (Wildman–Crippen MR) is 92.0 cm³/mol. The Morgan fingerprint density at radius 3 is 2.65 bits per heavy atom. The van der Waals surface area contributed by atoms with Crippen molar-refractivity contribution in [1.29, 1.82) is 0 Å². The third kappa shape index (κ3) is 3.77. The fourth-order valence-corrected chi connectivity index (χ4v) is 2.60. The molecular weight excluding hydrogens is 288 g/mol. The Balaban J connectivity index is 2.50. The van der Waals surface area contributed by atoms with E-state index in [1.54, 1.807) is 12.4 Å². The molecule has 0 aliphatic carbocycles. The van der Waals surface area contributed by atoms with Crippen molar-refractivity contribution in [1.82, 2.24) is 9.55 Å². The van der Waals surface area contributed by atoms with Crippen LogP contribution in [0.4, 0.5) is 0 Å². The van der Waals surface area contributed by atoms with Gasteiger partial charge in [0.2, 0.25) is 0 Å². The summed E-state index contributed by atoms with van der Waals surface area (Å²) in [4.78, 5) is 16.7. The van der Waals surface area contributed by atoms with Crippen LogP contribution in [0.3, 0.4) is 0 Å². The zero-order valence-corrected chi connectivity index (χ0v) is 13.4. The van der Waals surface area contributed by atoms with Gasteiger partial charge in [0, 0.05) is 11.3 Å². The van der Waals surface area contributed by atoms with E-state index in [-0.39, 0.29) is 5.97 Å². The number of imidazole rings is 1. The van der Waals surface area contributed by atoms with E-state index in [4.69, 9.17) is 4.74 Å². The Morgan fingerprint density at radius 1 is 1.30 bits per heavy atom. The quantitative estimate of drug-likeness (QED) is 0.547. The van der Waals surface area contributed by atoms with Crippen LogP contribution in [0.5, 0.6) is 0 Å². The molecule has 1 unspecified atom stereocenters. The van der Waals surface area contributed by atoms with Crippen molar-refractivity contribution >= 4 is 5.97 Å². The van der Waals surface area contributed by atoms with E-state index in [0.717, 1.165) is 29.8 Å². The first-order chi connectivity index (χ1) is 11.2. The van der Waals surface area contributed by atoms with E-state index in [0.29, 0.717) is 6.42 Å². The maximum atomic E-state index is 12.1. The number of methoxy groups -OCH3 is 1. The van der Waals surface area contributed by atoms with E-state index >= 15 is 0 Å². The Bertz CT molecular complexity index is 674. The Morgan fingerprint density at radius 2 is 2.04 bits per heavy atom. The van der Waals surface area contributed by atoms with Crippen molar-refractivity contribution in [2.75, 3.05) is 7.11 Å². The normalized spacial score (nSPS) is 11.7. The number of nitrogens with zero attached hydrogens (tertiary/aromatic N) is 2. The van der Waals surface area contributed by atoms with Gasteiger partial charge in [-0.05, 0) is 19.3 Å². The van der Waals surface area contributed by atoms with E-state index < -0.39 is 6.04 Å². The molecule has 0 fully saturated rings. The van der Waals surface area contributed by atoms with Crippen LogP contribution in [0.2, 0.25) is 0 Å². The number of aromatic nitrogens is 2. The summed E-state index contributed by atoms with van der Waals surface area (Å²) < 4.78 is 6.84. The minimum atomic E-state index is -0.442. The molecule has 0 radical (unpaired) electrons. The molecule has 1 atom stereocenters. The van der Waals surface area contributed by atoms with Crippen molar-refractivity contribution in [3.63, 3.8) is 0 Å². The smallest absolute Gasteiger partial charge is 0.329 e. The summed E-state index contributed by atoms with van der Waals surface area (Å²) in [7, 11) is 1.40. The fourth-order valence-electron chi connectivity index (χ4n) is 2.60. The second kappa shape index (κ2) is 8.13. The Kier molecular flexibility index (Phi) is 5.92. The molecule has 23 heavy (non-hydrogen) atoms. The number of ether oxygens (including phenoxy) is 1. The second-order valence-corrected chi connectivity index (χ2v) is 5.20. The van der Waals surface area contributed by atoms with Gasteiger partial charge in [-0.1, -0.05) is 42.5 Å². The molecular formula is C19H22N2O2. The van der Waals surface area contributed by atoms with Crippen LogP contribution >= 0.6 is 0 Å². The maximum absolute atomic E-state index is 12.1. The zero-order valence-electron chi connectivity index (χ0n) is 13.4. The zero-order chi connectivity index (χ0) is 16.7. The third-order valence-electron chi connectivity index (χ3n) is 3.73. The lowest BCUT2D eigenvalue weighted by Crippen LogP contribution is -2.21.